The molecule has 3 rings (SSSR count). The third-order valence-corrected chi connectivity index (χ3v) is 4.53. The third kappa shape index (κ3) is 1.97. The summed E-state index contributed by atoms with van der Waals surface area (Å²) in [5.74, 6) is 1.09. The van der Waals surface area contributed by atoms with Gasteiger partial charge in [0.2, 0.25) is 0 Å². The molecule has 1 aliphatic heterocycles. The van der Waals surface area contributed by atoms with Crippen LogP contribution >= 0.6 is 0 Å². The average Bonchev–Trinajstić information content (AvgIpc) is 2.87. The Labute approximate surface area is 102 Å². The van der Waals surface area contributed by atoms with Crippen molar-refractivity contribution in [1.82, 2.24) is 9.55 Å². The van der Waals surface area contributed by atoms with E-state index in [1.807, 2.05) is 12.5 Å². The zero-order valence-electron chi connectivity index (χ0n) is 10.2. The molecule has 1 aromatic heterocycles. The largest absolute Gasteiger partial charge is 0.331 e. The fourth-order valence-corrected chi connectivity index (χ4v) is 3.55. The van der Waals surface area contributed by atoms with Gasteiger partial charge in [-0.05, 0) is 50.9 Å². The molecule has 0 N–H and O–H groups in total. The van der Waals surface area contributed by atoms with Gasteiger partial charge in [0.25, 0.3) is 0 Å². The van der Waals surface area contributed by atoms with Gasteiger partial charge < -0.3 is 4.57 Å². The SMILES string of the molecule is N#CC1CCC(C2CCCc3cncn32)CC1. The first kappa shape index (κ1) is 10.8. The summed E-state index contributed by atoms with van der Waals surface area (Å²) >= 11 is 0. The molecule has 1 aliphatic carbocycles. The lowest BCUT2D eigenvalue weighted by Crippen LogP contribution is -2.27. The van der Waals surface area contributed by atoms with Crippen LogP contribution in [0.4, 0.5) is 0 Å². The number of nitriles is 1. The molecule has 1 fully saturated rings. The van der Waals surface area contributed by atoms with Crippen molar-refractivity contribution in [2.45, 2.75) is 51.0 Å². The highest BCUT2D eigenvalue weighted by Gasteiger charge is 2.30. The number of hydrogen-bond donors (Lipinski definition) is 0. The summed E-state index contributed by atoms with van der Waals surface area (Å²) in [7, 11) is 0. The van der Waals surface area contributed by atoms with Crippen LogP contribution in [0.5, 0.6) is 0 Å². The quantitative estimate of drug-likeness (QED) is 0.742. The van der Waals surface area contributed by atoms with E-state index in [4.69, 9.17) is 5.26 Å². The molecule has 1 saturated carbocycles. The summed E-state index contributed by atoms with van der Waals surface area (Å²) in [5.41, 5.74) is 1.41. The lowest BCUT2D eigenvalue weighted by Gasteiger charge is -2.35. The van der Waals surface area contributed by atoms with Gasteiger partial charge in [-0.25, -0.2) is 4.98 Å². The standard InChI is InChI=1S/C14H19N3/c15-8-11-4-6-12(7-5-11)14-3-1-2-13-9-16-10-17(13)14/h9-12,14H,1-7H2. The zero-order chi connectivity index (χ0) is 11.7. The summed E-state index contributed by atoms with van der Waals surface area (Å²) in [6, 6.07) is 3.08. The molecule has 2 heterocycles. The van der Waals surface area contributed by atoms with E-state index in [-0.39, 0.29) is 0 Å². The highest BCUT2D eigenvalue weighted by molar-refractivity contribution is 5.05. The molecule has 0 radical (unpaired) electrons. The monoisotopic (exact) mass is 229 g/mol. The Bertz CT molecular complexity index is 421. The molecular weight excluding hydrogens is 210 g/mol. The molecule has 1 atom stereocenters. The van der Waals surface area contributed by atoms with Crippen LogP contribution in [-0.2, 0) is 6.42 Å². The Hall–Kier alpha value is -1.30. The van der Waals surface area contributed by atoms with Crippen molar-refractivity contribution in [1.29, 1.82) is 5.26 Å². The van der Waals surface area contributed by atoms with Crippen molar-refractivity contribution in [3.8, 4) is 6.07 Å². The van der Waals surface area contributed by atoms with E-state index in [2.05, 4.69) is 15.6 Å². The van der Waals surface area contributed by atoms with Gasteiger partial charge in [0.05, 0.1) is 12.4 Å². The van der Waals surface area contributed by atoms with E-state index < -0.39 is 0 Å². The van der Waals surface area contributed by atoms with Gasteiger partial charge in [-0.15, -0.1) is 0 Å². The summed E-state index contributed by atoms with van der Waals surface area (Å²) in [6.45, 7) is 0. The zero-order valence-corrected chi connectivity index (χ0v) is 10.2. The molecule has 0 spiro atoms. The second-order valence-electron chi connectivity index (χ2n) is 5.49. The molecule has 3 nitrogen and oxygen atoms in total. The van der Waals surface area contributed by atoms with Crippen molar-refractivity contribution < 1.29 is 0 Å². The van der Waals surface area contributed by atoms with Crippen LogP contribution in [0, 0.1) is 23.2 Å². The fraction of sp³-hybridized carbons (Fsp3) is 0.714. The Kier molecular flexibility index (Phi) is 2.88. The number of imidazole rings is 1. The normalized spacial score (nSPS) is 32.8. The Morgan fingerprint density at radius 1 is 1.24 bits per heavy atom. The Morgan fingerprint density at radius 3 is 2.82 bits per heavy atom. The van der Waals surface area contributed by atoms with Gasteiger partial charge in [-0.3, -0.25) is 0 Å². The van der Waals surface area contributed by atoms with Gasteiger partial charge in [0.1, 0.15) is 0 Å². The number of aromatic nitrogens is 2. The highest BCUT2D eigenvalue weighted by atomic mass is 15.1. The van der Waals surface area contributed by atoms with E-state index in [1.165, 1.54) is 37.8 Å². The minimum Gasteiger partial charge on any atom is -0.331 e. The van der Waals surface area contributed by atoms with Crippen LogP contribution in [0.25, 0.3) is 0 Å². The van der Waals surface area contributed by atoms with Gasteiger partial charge in [0.15, 0.2) is 0 Å². The molecular formula is C14H19N3. The molecule has 0 bridgehead atoms. The maximum atomic E-state index is 8.95. The lowest BCUT2D eigenvalue weighted by atomic mass is 9.77. The molecule has 0 saturated heterocycles. The van der Waals surface area contributed by atoms with Crippen molar-refractivity contribution >= 4 is 0 Å². The highest BCUT2D eigenvalue weighted by Crippen LogP contribution is 2.40. The van der Waals surface area contributed by atoms with E-state index in [9.17, 15) is 0 Å². The van der Waals surface area contributed by atoms with Crippen LogP contribution in [0.2, 0.25) is 0 Å². The van der Waals surface area contributed by atoms with Crippen molar-refractivity contribution in [3.05, 3.63) is 18.2 Å². The smallest absolute Gasteiger partial charge is 0.0950 e. The number of rotatable bonds is 1. The molecule has 0 amide bonds. The summed E-state index contributed by atoms with van der Waals surface area (Å²) in [5, 5.41) is 8.95. The minimum absolute atomic E-state index is 0.317. The number of nitrogens with zero attached hydrogens (tertiary/aromatic N) is 3. The van der Waals surface area contributed by atoms with E-state index in [1.54, 1.807) is 0 Å². The molecule has 3 heteroatoms. The van der Waals surface area contributed by atoms with E-state index >= 15 is 0 Å². The summed E-state index contributed by atoms with van der Waals surface area (Å²) in [4.78, 5) is 4.29. The fourth-order valence-electron chi connectivity index (χ4n) is 3.55. The van der Waals surface area contributed by atoms with Gasteiger partial charge in [-0.2, -0.15) is 5.26 Å². The first-order chi connectivity index (χ1) is 8.38. The van der Waals surface area contributed by atoms with Crippen LogP contribution in [0.3, 0.4) is 0 Å². The maximum Gasteiger partial charge on any atom is 0.0950 e. The van der Waals surface area contributed by atoms with Gasteiger partial charge in [0, 0.05) is 23.9 Å². The van der Waals surface area contributed by atoms with Crippen molar-refractivity contribution in [2.75, 3.05) is 0 Å². The van der Waals surface area contributed by atoms with Crippen LogP contribution in [0.1, 0.15) is 50.3 Å². The first-order valence-corrected chi connectivity index (χ1v) is 6.79. The predicted octanol–water partition coefficient (Wildman–Crippen LogP) is 3.09. The molecule has 1 aromatic rings. The van der Waals surface area contributed by atoms with E-state index in [0.29, 0.717) is 12.0 Å². The first-order valence-electron chi connectivity index (χ1n) is 6.79. The second-order valence-corrected chi connectivity index (χ2v) is 5.49. The third-order valence-electron chi connectivity index (χ3n) is 4.53. The maximum absolute atomic E-state index is 8.95. The van der Waals surface area contributed by atoms with Gasteiger partial charge in [-0.1, -0.05) is 0 Å². The van der Waals surface area contributed by atoms with Crippen molar-refractivity contribution in [3.63, 3.8) is 0 Å². The number of aryl methyl sites for hydroxylation is 1. The minimum atomic E-state index is 0.317. The Balaban J connectivity index is 1.73. The van der Waals surface area contributed by atoms with E-state index in [0.717, 1.165) is 18.8 Å². The lowest BCUT2D eigenvalue weighted by molar-refractivity contribution is 0.201. The molecule has 90 valence electrons. The topological polar surface area (TPSA) is 41.6 Å². The van der Waals surface area contributed by atoms with Crippen LogP contribution in [-0.4, -0.2) is 9.55 Å². The number of fused-ring (bicyclic) bond motifs is 1. The van der Waals surface area contributed by atoms with Crippen LogP contribution in [0.15, 0.2) is 12.5 Å². The predicted molar refractivity (Wildman–Crippen MR) is 65.3 cm³/mol. The number of hydrogen-bond acceptors (Lipinski definition) is 2. The summed E-state index contributed by atoms with van der Waals surface area (Å²) in [6.07, 6.45) is 12.5. The Morgan fingerprint density at radius 2 is 2.06 bits per heavy atom. The average molecular weight is 229 g/mol. The van der Waals surface area contributed by atoms with Crippen molar-refractivity contribution in [2.24, 2.45) is 11.8 Å². The molecule has 17 heavy (non-hydrogen) atoms. The van der Waals surface area contributed by atoms with Crippen LogP contribution < -0.4 is 0 Å². The molecule has 0 aromatic carbocycles. The molecule has 2 aliphatic rings. The molecule has 1 unspecified atom stereocenters. The van der Waals surface area contributed by atoms with Gasteiger partial charge >= 0.3 is 0 Å². The second kappa shape index (κ2) is 4.52. The summed E-state index contributed by atoms with van der Waals surface area (Å²) < 4.78 is 2.40.